The molecule has 3 unspecified atom stereocenters. The van der Waals surface area contributed by atoms with Crippen molar-refractivity contribution in [1.29, 1.82) is 0 Å². The summed E-state index contributed by atoms with van der Waals surface area (Å²) in [5, 5.41) is 0.631. The van der Waals surface area contributed by atoms with Gasteiger partial charge in [0.25, 0.3) is 0 Å². The van der Waals surface area contributed by atoms with Crippen LogP contribution in [-0.4, -0.2) is 70.0 Å². The number of nitrogen functional groups attached to an aromatic ring is 1. The zero-order valence-corrected chi connectivity index (χ0v) is 20.7. The number of rotatable bonds is 6. The predicted octanol–water partition coefficient (Wildman–Crippen LogP) is 2.44. The highest BCUT2D eigenvalue weighted by atomic mass is 33.1. The number of ether oxygens (including phenoxy) is 2. The van der Waals surface area contributed by atoms with Crippen LogP contribution in [0.4, 0.5) is 5.82 Å². The summed E-state index contributed by atoms with van der Waals surface area (Å²) in [6.07, 6.45) is 5.90. The van der Waals surface area contributed by atoms with E-state index >= 15 is 0 Å². The number of carbonyl (C=O) groups is 1. The lowest BCUT2D eigenvalue weighted by atomic mass is 9.84. The molecule has 0 spiro atoms. The third kappa shape index (κ3) is 4.16. The number of anilines is 1. The monoisotopic (exact) mass is 526 g/mol. The van der Waals surface area contributed by atoms with Crippen molar-refractivity contribution in [1.82, 2.24) is 14.5 Å². The molecule has 2 aromatic rings. The molecule has 2 aromatic heterocycles. The molecule has 5 rings (SSSR count). The first kappa shape index (κ1) is 24.1. The van der Waals surface area contributed by atoms with Gasteiger partial charge in [0.2, 0.25) is 0 Å². The minimum absolute atomic E-state index is 0.0668. The van der Waals surface area contributed by atoms with Crippen molar-refractivity contribution in [3.05, 3.63) is 18.6 Å². The van der Waals surface area contributed by atoms with Gasteiger partial charge in [-0.1, -0.05) is 27.5 Å². The fourth-order valence-electron chi connectivity index (χ4n) is 4.31. The lowest BCUT2D eigenvalue weighted by molar-refractivity contribution is -0.124. The van der Waals surface area contributed by atoms with Crippen molar-refractivity contribution in [3.63, 3.8) is 0 Å². The molecular formula is C20H23N4O7PS2. The summed E-state index contributed by atoms with van der Waals surface area (Å²) in [6, 6.07) is 1.75. The lowest BCUT2D eigenvalue weighted by Gasteiger charge is -2.38. The molecule has 2 N–H and O–H groups in total. The molecule has 3 aliphatic heterocycles. The van der Waals surface area contributed by atoms with Crippen LogP contribution < -0.4 is 5.73 Å². The molecule has 0 bridgehead atoms. The first-order chi connectivity index (χ1) is 16.4. The van der Waals surface area contributed by atoms with Crippen LogP contribution in [-0.2, 0) is 32.4 Å². The van der Waals surface area contributed by atoms with Crippen LogP contribution in [0.15, 0.2) is 18.6 Å². The van der Waals surface area contributed by atoms with E-state index in [0.29, 0.717) is 28.4 Å². The highest BCUT2D eigenvalue weighted by molar-refractivity contribution is 8.76. The molecule has 3 aliphatic rings. The third-order valence-electron chi connectivity index (χ3n) is 6.08. The quantitative estimate of drug-likeness (QED) is 0.256. The van der Waals surface area contributed by atoms with Gasteiger partial charge in [-0.25, -0.2) is 14.5 Å². The first-order valence-corrected chi connectivity index (χ1v) is 14.4. The summed E-state index contributed by atoms with van der Waals surface area (Å²) in [4.78, 5) is 20.7. The SMILES string of the molecule is C#CCO[C@H]1CSSC[C@@H]1OP1(=O)OC[C@H]2OC(n3ccc4c(N)ncnc43)C(C)(C=O)[C@@H]2O1. The molecule has 5 heterocycles. The van der Waals surface area contributed by atoms with Gasteiger partial charge in [0.05, 0.1) is 23.5 Å². The molecule has 0 saturated carbocycles. The molecular weight excluding hydrogens is 503 g/mol. The maximum absolute atomic E-state index is 13.5. The van der Waals surface area contributed by atoms with Gasteiger partial charge < -0.3 is 24.6 Å². The topological polar surface area (TPSA) is 137 Å². The van der Waals surface area contributed by atoms with E-state index in [0.717, 1.165) is 6.29 Å². The van der Waals surface area contributed by atoms with Gasteiger partial charge in [-0.15, -0.1) is 6.42 Å². The Kier molecular flexibility index (Phi) is 6.69. The van der Waals surface area contributed by atoms with Crippen molar-refractivity contribution in [3.8, 4) is 12.3 Å². The van der Waals surface area contributed by atoms with E-state index in [4.69, 9.17) is 35.2 Å². The second-order valence-corrected chi connectivity index (χ2v) is 12.4. The Morgan fingerprint density at radius 3 is 2.97 bits per heavy atom. The van der Waals surface area contributed by atoms with Crippen LogP contribution in [0.5, 0.6) is 0 Å². The van der Waals surface area contributed by atoms with E-state index in [1.807, 2.05) is 0 Å². The Morgan fingerprint density at radius 1 is 1.41 bits per heavy atom. The summed E-state index contributed by atoms with van der Waals surface area (Å²) in [5.74, 6) is 3.88. The maximum Gasteiger partial charge on any atom is 0.475 e. The Morgan fingerprint density at radius 2 is 2.21 bits per heavy atom. The van der Waals surface area contributed by atoms with E-state index in [9.17, 15) is 9.36 Å². The van der Waals surface area contributed by atoms with Crippen molar-refractivity contribution >= 4 is 52.5 Å². The number of terminal acetylenes is 1. The average Bonchev–Trinajstić information content (AvgIpc) is 3.38. The van der Waals surface area contributed by atoms with Crippen molar-refractivity contribution in [2.75, 3.05) is 30.5 Å². The van der Waals surface area contributed by atoms with E-state index in [1.165, 1.54) is 6.33 Å². The Hall–Kier alpha value is -1.62. The Labute approximate surface area is 203 Å². The summed E-state index contributed by atoms with van der Waals surface area (Å²) in [6.45, 7) is 1.74. The maximum atomic E-state index is 13.5. The fraction of sp³-hybridized carbons (Fsp3) is 0.550. The zero-order chi connectivity index (χ0) is 23.9. The van der Waals surface area contributed by atoms with E-state index in [1.54, 1.807) is 45.3 Å². The standard InChI is InChI=1S/C20H23N4O7PS2/c1-3-6-27-14-8-33-34-9-15(14)30-32(26)28-7-13-16(31-32)20(2,10-25)19(29-13)24-5-4-12-17(21)22-11-23-18(12)24/h1,4-5,10-11,13-16,19H,6-9H2,2H3,(H2,21,22,23)/t13-,14+,15+,16-,19?,20?,32?/m1/s1. The van der Waals surface area contributed by atoms with Gasteiger partial charge >= 0.3 is 7.82 Å². The number of fused-ring (bicyclic) bond motifs is 2. The zero-order valence-electron chi connectivity index (χ0n) is 18.1. The number of phosphoric acid groups is 1. The number of aldehydes is 1. The van der Waals surface area contributed by atoms with Crippen molar-refractivity contribution < 1.29 is 32.4 Å². The molecule has 11 nitrogen and oxygen atoms in total. The molecule has 0 radical (unpaired) electrons. The minimum Gasteiger partial charge on any atom is -0.383 e. The molecule has 3 fully saturated rings. The summed E-state index contributed by atoms with van der Waals surface area (Å²) in [7, 11) is -0.827. The number of aromatic nitrogens is 3. The number of hydrogen-bond donors (Lipinski definition) is 1. The molecule has 7 atom stereocenters. The van der Waals surface area contributed by atoms with Gasteiger partial charge in [0.15, 0.2) is 6.23 Å². The molecule has 0 aromatic carbocycles. The molecule has 14 heteroatoms. The second-order valence-electron chi connectivity index (χ2n) is 8.27. The summed E-state index contributed by atoms with van der Waals surface area (Å²) < 4.78 is 44.4. The molecule has 3 saturated heterocycles. The normalized spacial score (nSPS) is 37.8. The molecule has 0 aliphatic carbocycles. The first-order valence-electron chi connectivity index (χ1n) is 10.5. The van der Waals surface area contributed by atoms with Crippen LogP contribution in [0.25, 0.3) is 11.0 Å². The smallest absolute Gasteiger partial charge is 0.383 e. The van der Waals surface area contributed by atoms with Crippen molar-refractivity contribution in [2.45, 2.75) is 37.6 Å². The van der Waals surface area contributed by atoms with E-state index < -0.39 is 37.8 Å². The molecule has 182 valence electrons. The summed E-state index contributed by atoms with van der Waals surface area (Å²) >= 11 is 0. The number of carbonyl (C=O) groups excluding carboxylic acids is 1. The highest BCUT2D eigenvalue weighted by Gasteiger charge is 2.61. The van der Waals surface area contributed by atoms with Crippen LogP contribution in [0, 0.1) is 17.8 Å². The van der Waals surface area contributed by atoms with E-state index in [2.05, 4.69) is 15.9 Å². The summed E-state index contributed by atoms with van der Waals surface area (Å²) in [5.41, 5.74) is 5.25. The van der Waals surface area contributed by atoms with Crippen LogP contribution in [0.2, 0.25) is 0 Å². The van der Waals surface area contributed by atoms with Crippen molar-refractivity contribution in [2.24, 2.45) is 5.41 Å². The number of hydrogen-bond acceptors (Lipinski definition) is 12. The number of nitrogens with two attached hydrogens (primary N) is 1. The highest BCUT2D eigenvalue weighted by Crippen LogP contribution is 2.62. The lowest BCUT2D eigenvalue weighted by Crippen LogP contribution is -2.45. The minimum atomic E-state index is -4.02. The van der Waals surface area contributed by atoms with Gasteiger partial charge in [-0.2, -0.15) is 0 Å². The fourth-order valence-corrected chi connectivity index (χ4v) is 8.53. The largest absolute Gasteiger partial charge is 0.475 e. The third-order valence-corrected chi connectivity index (χ3v) is 9.97. The van der Waals surface area contributed by atoms with Gasteiger partial charge in [0.1, 0.15) is 49.0 Å². The van der Waals surface area contributed by atoms with Gasteiger partial charge in [0, 0.05) is 17.7 Å². The Balaban J connectivity index is 1.39. The average molecular weight is 527 g/mol. The molecule has 0 amide bonds. The van der Waals surface area contributed by atoms with Gasteiger partial charge in [-0.3, -0.25) is 13.6 Å². The number of nitrogens with zero attached hydrogens (tertiary/aromatic N) is 3. The van der Waals surface area contributed by atoms with Gasteiger partial charge in [-0.05, 0) is 13.0 Å². The molecule has 34 heavy (non-hydrogen) atoms. The van der Waals surface area contributed by atoms with Crippen LogP contribution in [0.3, 0.4) is 0 Å². The number of phosphoric ester groups is 1. The Bertz CT molecular complexity index is 1180. The van der Waals surface area contributed by atoms with E-state index in [-0.39, 0.29) is 19.3 Å². The van der Waals surface area contributed by atoms with Crippen LogP contribution in [0.1, 0.15) is 13.2 Å². The van der Waals surface area contributed by atoms with Crippen LogP contribution >= 0.6 is 29.4 Å². The predicted molar refractivity (Wildman–Crippen MR) is 127 cm³/mol. The second kappa shape index (κ2) is 9.44.